The quantitative estimate of drug-likeness (QED) is 0.799. The molecular weight excluding hydrogens is 228 g/mol. The number of hydrogen-bond donors (Lipinski definition) is 2. The number of hydrogen-bond acceptors (Lipinski definition) is 2. The van der Waals surface area contributed by atoms with Crippen molar-refractivity contribution < 1.29 is 9.59 Å². The molecule has 1 atom stereocenters. The summed E-state index contributed by atoms with van der Waals surface area (Å²) in [5, 5.41) is 2.52. The van der Waals surface area contributed by atoms with E-state index in [0.29, 0.717) is 12.3 Å². The second-order valence-corrected chi connectivity index (χ2v) is 4.71. The highest BCUT2D eigenvalue weighted by molar-refractivity contribution is 5.84. The molecule has 4 nitrogen and oxygen atoms in total. The normalized spacial score (nSPS) is 12.2. The number of rotatable bonds is 6. The van der Waals surface area contributed by atoms with Crippen LogP contribution in [-0.2, 0) is 9.59 Å². The number of nitrogens with one attached hydrogen (secondary N) is 1. The van der Waals surface area contributed by atoms with E-state index in [-0.39, 0.29) is 18.4 Å². The molecule has 3 N–H and O–H groups in total. The highest BCUT2D eigenvalue weighted by Gasteiger charge is 2.19. The van der Waals surface area contributed by atoms with Gasteiger partial charge in [-0.15, -0.1) is 0 Å². The van der Waals surface area contributed by atoms with Crippen molar-refractivity contribution in [3.8, 4) is 0 Å². The largest absolute Gasteiger partial charge is 0.368 e. The highest BCUT2D eigenvalue weighted by atomic mass is 16.2. The molecule has 0 aromatic heterocycles. The number of carbonyl (C=O) groups is 2. The average Bonchev–Trinajstić information content (AvgIpc) is 2.34. The van der Waals surface area contributed by atoms with E-state index < -0.39 is 5.91 Å². The third-order valence-electron chi connectivity index (χ3n) is 2.90. The van der Waals surface area contributed by atoms with Gasteiger partial charge in [-0.05, 0) is 17.4 Å². The first-order valence-corrected chi connectivity index (χ1v) is 6.10. The predicted molar refractivity (Wildman–Crippen MR) is 70.8 cm³/mol. The minimum atomic E-state index is -0.524. The summed E-state index contributed by atoms with van der Waals surface area (Å²) in [6.45, 7) is 4.07. The number of benzene rings is 1. The van der Waals surface area contributed by atoms with Crippen LogP contribution in [0, 0.1) is 5.92 Å². The van der Waals surface area contributed by atoms with Gasteiger partial charge in [0.1, 0.15) is 0 Å². The molecule has 0 aliphatic rings. The zero-order chi connectivity index (χ0) is 13.5. The van der Waals surface area contributed by atoms with E-state index >= 15 is 0 Å². The van der Waals surface area contributed by atoms with E-state index in [1.165, 1.54) is 0 Å². The molecule has 0 saturated carbocycles. The molecule has 1 aromatic rings. The van der Waals surface area contributed by atoms with Crippen molar-refractivity contribution in [1.29, 1.82) is 0 Å². The van der Waals surface area contributed by atoms with Gasteiger partial charge in [-0.3, -0.25) is 9.59 Å². The molecular formula is C14H20N2O2. The molecule has 0 fully saturated rings. The molecule has 1 aromatic carbocycles. The fraction of sp³-hybridized carbons (Fsp3) is 0.429. The fourth-order valence-electron chi connectivity index (χ4n) is 1.90. The molecule has 0 radical (unpaired) electrons. The Kier molecular flexibility index (Phi) is 5.36. The predicted octanol–water partition coefficient (Wildman–Crippen LogP) is 1.42. The van der Waals surface area contributed by atoms with Crippen molar-refractivity contribution in [2.45, 2.75) is 26.2 Å². The molecule has 0 aliphatic carbocycles. The van der Waals surface area contributed by atoms with Crippen LogP contribution in [0.15, 0.2) is 30.3 Å². The second kappa shape index (κ2) is 6.79. The van der Waals surface area contributed by atoms with Gasteiger partial charge in [0.05, 0.1) is 6.54 Å². The molecule has 0 heterocycles. The summed E-state index contributed by atoms with van der Waals surface area (Å²) in [5.41, 5.74) is 6.13. The Bertz CT molecular complexity index is 402. The van der Waals surface area contributed by atoms with E-state index in [1.54, 1.807) is 0 Å². The van der Waals surface area contributed by atoms with Gasteiger partial charge in [0.2, 0.25) is 11.8 Å². The molecule has 0 aliphatic heterocycles. The summed E-state index contributed by atoms with van der Waals surface area (Å²) in [5.74, 6) is -0.161. The Labute approximate surface area is 108 Å². The Balaban J connectivity index is 2.64. The number of primary amides is 1. The highest BCUT2D eigenvalue weighted by Crippen LogP contribution is 2.27. The summed E-state index contributed by atoms with van der Waals surface area (Å²) in [7, 11) is 0. The van der Waals surface area contributed by atoms with Crippen LogP contribution in [0.3, 0.4) is 0 Å². The summed E-state index contributed by atoms with van der Waals surface area (Å²) >= 11 is 0. The summed E-state index contributed by atoms with van der Waals surface area (Å²) in [6, 6.07) is 9.92. The zero-order valence-electron chi connectivity index (χ0n) is 10.8. The standard InChI is InChI=1S/C14H20N2O2/c1-10(2)12(11-6-4-3-5-7-11)8-14(18)16-9-13(15)17/h3-7,10,12H,8-9H2,1-2H3,(H2,15,17)(H,16,18). The molecule has 1 rings (SSSR count). The summed E-state index contributed by atoms with van der Waals surface area (Å²) in [6.07, 6.45) is 0.370. The number of amides is 2. The van der Waals surface area contributed by atoms with Crippen LogP contribution in [0.1, 0.15) is 31.7 Å². The molecule has 0 saturated heterocycles. The van der Waals surface area contributed by atoms with Crippen LogP contribution in [0.2, 0.25) is 0 Å². The zero-order valence-corrected chi connectivity index (χ0v) is 10.8. The second-order valence-electron chi connectivity index (χ2n) is 4.71. The van der Waals surface area contributed by atoms with Gasteiger partial charge in [0.15, 0.2) is 0 Å². The van der Waals surface area contributed by atoms with Gasteiger partial charge in [0.25, 0.3) is 0 Å². The third kappa shape index (κ3) is 4.57. The van der Waals surface area contributed by atoms with E-state index in [4.69, 9.17) is 5.73 Å². The maximum atomic E-state index is 11.7. The summed E-state index contributed by atoms with van der Waals surface area (Å²) < 4.78 is 0. The molecule has 2 amide bonds. The van der Waals surface area contributed by atoms with Crippen LogP contribution in [0.25, 0.3) is 0 Å². The van der Waals surface area contributed by atoms with Crippen LogP contribution >= 0.6 is 0 Å². The van der Waals surface area contributed by atoms with E-state index in [1.807, 2.05) is 30.3 Å². The van der Waals surface area contributed by atoms with E-state index in [0.717, 1.165) is 5.56 Å². The van der Waals surface area contributed by atoms with Gasteiger partial charge >= 0.3 is 0 Å². The van der Waals surface area contributed by atoms with Crippen molar-refractivity contribution >= 4 is 11.8 Å². The fourth-order valence-corrected chi connectivity index (χ4v) is 1.90. The lowest BCUT2D eigenvalue weighted by atomic mass is 9.85. The minimum absolute atomic E-state index is 0.0988. The van der Waals surface area contributed by atoms with E-state index in [9.17, 15) is 9.59 Å². The maximum absolute atomic E-state index is 11.7. The topological polar surface area (TPSA) is 72.2 Å². The van der Waals surface area contributed by atoms with Crippen molar-refractivity contribution in [2.75, 3.05) is 6.54 Å². The average molecular weight is 248 g/mol. The number of nitrogens with two attached hydrogens (primary N) is 1. The lowest BCUT2D eigenvalue weighted by Gasteiger charge is -2.20. The summed E-state index contributed by atoms with van der Waals surface area (Å²) in [4.78, 5) is 22.3. The van der Waals surface area contributed by atoms with Crippen LogP contribution < -0.4 is 11.1 Å². The number of carbonyl (C=O) groups excluding carboxylic acids is 2. The smallest absolute Gasteiger partial charge is 0.236 e. The van der Waals surface area contributed by atoms with Crippen molar-refractivity contribution in [1.82, 2.24) is 5.32 Å². The Morgan fingerprint density at radius 1 is 1.22 bits per heavy atom. The van der Waals surface area contributed by atoms with Gasteiger partial charge in [0, 0.05) is 6.42 Å². The first kappa shape index (κ1) is 14.2. The SMILES string of the molecule is CC(C)C(CC(=O)NCC(N)=O)c1ccccc1. The Morgan fingerprint density at radius 2 is 1.83 bits per heavy atom. The van der Waals surface area contributed by atoms with Gasteiger partial charge in [-0.1, -0.05) is 44.2 Å². The molecule has 98 valence electrons. The molecule has 0 spiro atoms. The first-order chi connectivity index (χ1) is 8.50. The molecule has 0 bridgehead atoms. The van der Waals surface area contributed by atoms with Crippen molar-refractivity contribution in [3.63, 3.8) is 0 Å². The maximum Gasteiger partial charge on any atom is 0.236 e. The van der Waals surface area contributed by atoms with Gasteiger partial charge in [-0.2, -0.15) is 0 Å². The minimum Gasteiger partial charge on any atom is -0.368 e. The van der Waals surface area contributed by atoms with Gasteiger partial charge in [-0.25, -0.2) is 0 Å². The Morgan fingerprint density at radius 3 is 2.33 bits per heavy atom. The lowest BCUT2D eigenvalue weighted by molar-refractivity contribution is -0.125. The first-order valence-electron chi connectivity index (χ1n) is 6.10. The van der Waals surface area contributed by atoms with Crippen molar-refractivity contribution in [3.05, 3.63) is 35.9 Å². The Hall–Kier alpha value is -1.84. The lowest BCUT2D eigenvalue weighted by Crippen LogP contribution is -2.34. The van der Waals surface area contributed by atoms with E-state index in [2.05, 4.69) is 19.2 Å². The monoisotopic (exact) mass is 248 g/mol. The third-order valence-corrected chi connectivity index (χ3v) is 2.90. The van der Waals surface area contributed by atoms with Crippen LogP contribution in [0.5, 0.6) is 0 Å². The van der Waals surface area contributed by atoms with Crippen LogP contribution in [-0.4, -0.2) is 18.4 Å². The molecule has 18 heavy (non-hydrogen) atoms. The van der Waals surface area contributed by atoms with Crippen molar-refractivity contribution in [2.24, 2.45) is 11.7 Å². The molecule has 1 unspecified atom stereocenters. The molecule has 4 heteroatoms. The van der Waals surface area contributed by atoms with Crippen LogP contribution in [0.4, 0.5) is 0 Å². The van der Waals surface area contributed by atoms with Gasteiger partial charge < -0.3 is 11.1 Å².